The minimum Gasteiger partial charge on any atom is -0.450 e. The molecule has 2 fully saturated rings. The van der Waals surface area contributed by atoms with Crippen LogP contribution in [0.25, 0.3) is 0 Å². The number of hydrogen-bond acceptors (Lipinski definition) is 4. The van der Waals surface area contributed by atoms with Crippen LogP contribution in [0.15, 0.2) is 0 Å². The Labute approximate surface area is 96.3 Å². The van der Waals surface area contributed by atoms with E-state index >= 15 is 0 Å². The fourth-order valence-corrected chi connectivity index (χ4v) is 2.36. The third kappa shape index (κ3) is 2.65. The molecule has 2 aliphatic heterocycles. The summed E-state index contributed by atoms with van der Waals surface area (Å²) in [6.07, 6.45) is 0.886. The highest BCUT2D eigenvalue weighted by Gasteiger charge is 2.31. The molecule has 0 aromatic heterocycles. The molecule has 0 aromatic rings. The Bertz CT molecular complexity index is 241. The SMILES string of the molecule is CCOC(=O)N1CCC(N2CCOCC2)C1. The molecule has 0 aliphatic carbocycles. The van der Waals surface area contributed by atoms with Gasteiger partial charge < -0.3 is 14.4 Å². The van der Waals surface area contributed by atoms with Gasteiger partial charge in [-0.2, -0.15) is 0 Å². The van der Waals surface area contributed by atoms with Gasteiger partial charge in [-0.15, -0.1) is 0 Å². The number of rotatable bonds is 2. The van der Waals surface area contributed by atoms with Gasteiger partial charge in [0, 0.05) is 32.2 Å². The topological polar surface area (TPSA) is 42.0 Å². The standard InChI is InChI=1S/C11H20N2O3/c1-2-16-11(14)13-4-3-10(9-13)12-5-7-15-8-6-12/h10H,2-9H2,1H3. The number of ether oxygens (including phenoxy) is 2. The van der Waals surface area contributed by atoms with Crippen molar-refractivity contribution in [2.75, 3.05) is 46.0 Å². The summed E-state index contributed by atoms with van der Waals surface area (Å²) in [6, 6.07) is 0.494. The lowest BCUT2D eigenvalue weighted by Gasteiger charge is -2.31. The molecule has 0 aromatic carbocycles. The second kappa shape index (κ2) is 5.50. The van der Waals surface area contributed by atoms with Gasteiger partial charge in [-0.1, -0.05) is 0 Å². The molecule has 2 rings (SSSR count). The first kappa shape index (κ1) is 11.7. The first-order valence-electron chi connectivity index (χ1n) is 6.04. The Morgan fingerprint density at radius 2 is 2.12 bits per heavy atom. The van der Waals surface area contributed by atoms with E-state index in [0.717, 1.165) is 45.8 Å². The van der Waals surface area contributed by atoms with Gasteiger partial charge in [0.1, 0.15) is 0 Å². The number of amides is 1. The van der Waals surface area contributed by atoms with E-state index in [-0.39, 0.29) is 6.09 Å². The second-order valence-corrected chi connectivity index (χ2v) is 4.24. The van der Waals surface area contributed by atoms with Crippen molar-refractivity contribution in [2.24, 2.45) is 0 Å². The van der Waals surface area contributed by atoms with Crippen molar-refractivity contribution in [3.05, 3.63) is 0 Å². The number of carbonyl (C=O) groups excluding carboxylic acids is 1. The summed E-state index contributed by atoms with van der Waals surface area (Å²) < 4.78 is 10.3. The van der Waals surface area contributed by atoms with Crippen LogP contribution in [0, 0.1) is 0 Å². The Morgan fingerprint density at radius 1 is 1.38 bits per heavy atom. The maximum atomic E-state index is 11.5. The summed E-state index contributed by atoms with van der Waals surface area (Å²) in [5.74, 6) is 0. The normalized spacial score (nSPS) is 27.1. The Kier molecular flexibility index (Phi) is 4.01. The van der Waals surface area contributed by atoms with Gasteiger partial charge in [0.15, 0.2) is 0 Å². The van der Waals surface area contributed by atoms with Crippen molar-refractivity contribution in [3.8, 4) is 0 Å². The van der Waals surface area contributed by atoms with Crippen LogP contribution in [-0.4, -0.2) is 67.9 Å². The van der Waals surface area contributed by atoms with Crippen LogP contribution < -0.4 is 0 Å². The van der Waals surface area contributed by atoms with Crippen LogP contribution in [-0.2, 0) is 9.47 Å². The summed E-state index contributed by atoms with van der Waals surface area (Å²) in [6.45, 7) is 7.53. The predicted octanol–water partition coefficient (Wildman–Crippen LogP) is 0.549. The van der Waals surface area contributed by atoms with E-state index in [4.69, 9.17) is 9.47 Å². The highest BCUT2D eigenvalue weighted by molar-refractivity contribution is 5.68. The highest BCUT2D eigenvalue weighted by Crippen LogP contribution is 2.17. The largest absolute Gasteiger partial charge is 0.450 e. The maximum Gasteiger partial charge on any atom is 0.409 e. The molecule has 2 aliphatic rings. The molecular weight excluding hydrogens is 208 g/mol. The van der Waals surface area contributed by atoms with Gasteiger partial charge in [-0.25, -0.2) is 4.79 Å². The fraction of sp³-hybridized carbons (Fsp3) is 0.909. The maximum absolute atomic E-state index is 11.5. The van der Waals surface area contributed by atoms with Crippen molar-refractivity contribution in [2.45, 2.75) is 19.4 Å². The molecule has 0 N–H and O–H groups in total. The van der Waals surface area contributed by atoms with Crippen molar-refractivity contribution < 1.29 is 14.3 Å². The zero-order valence-electron chi connectivity index (χ0n) is 9.85. The quantitative estimate of drug-likeness (QED) is 0.692. The molecule has 0 saturated carbocycles. The first-order valence-corrected chi connectivity index (χ1v) is 6.04. The van der Waals surface area contributed by atoms with Gasteiger partial charge in [-0.3, -0.25) is 4.90 Å². The lowest BCUT2D eigenvalue weighted by atomic mass is 10.2. The Morgan fingerprint density at radius 3 is 2.81 bits per heavy atom. The van der Waals surface area contributed by atoms with Gasteiger partial charge in [0.2, 0.25) is 0 Å². The van der Waals surface area contributed by atoms with E-state index in [9.17, 15) is 4.79 Å². The molecule has 0 radical (unpaired) electrons. The lowest BCUT2D eigenvalue weighted by Crippen LogP contribution is -2.45. The number of likely N-dealkylation sites (tertiary alicyclic amines) is 1. The summed E-state index contributed by atoms with van der Waals surface area (Å²) in [4.78, 5) is 15.8. The molecule has 5 heteroatoms. The van der Waals surface area contributed by atoms with E-state index in [1.54, 1.807) is 0 Å². The van der Waals surface area contributed by atoms with Crippen LogP contribution in [0.4, 0.5) is 4.79 Å². The van der Waals surface area contributed by atoms with Crippen LogP contribution in [0.5, 0.6) is 0 Å². The third-order valence-corrected chi connectivity index (χ3v) is 3.25. The zero-order valence-corrected chi connectivity index (χ0v) is 9.85. The molecule has 16 heavy (non-hydrogen) atoms. The summed E-state index contributed by atoms with van der Waals surface area (Å²) >= 11 is 0. The monoisotopic (exact) mass is 228 g/mol. The zero-order chi connectivity index (χ0) is 11.4. The smallest absolute Gasteiger partial charge is 0.409 e. The van der Waals surface area contributed by atoms with Gasteiger partial charge in [0.05, 0.1) is 19.8 Å². The number of nitrogens with zero attached hydrogens (tertiary/aromatic N) is 2. The third-order valence-electron chi connectivity index (χ3n) is 3.25. The summed E-state index contributed by atoms with van der Waals surface area (Å²) in [7, 11) is 0. The average Bonchev–Trinajstić information content (AvgIpc) is 2.80. The molecule has 2 saturated heterocycles. The van der Waals surface area contributed by atoms with Crippen molar-refractivity contribution in [1.29, 1.82) is 0 Å². The molecule has 92 valence electrons. The van der Waals surface area contributed by atoms with E-state index in [1.807, 2.05) is 11.8 Å². The van der Waals surface area contributed by atoms with Gasteiger partial charge in [0.25, 0.3) is 0 Å². The van der Waals surface area contributed by atoms with E-state index in [0.29, 0.717) is 12.6 Å². The van der Waals surface area contributed by atoms with Crippen LogP contribution in [0.2, 0.25) is 0 Å². The Hall–Kier alpha value is -0.810. The lowest BCUT2D eigenvalue weighted by molar-refractivity contribution is 0.0183. The predicted molar refractivity (Wildman–Crippen MR) is 59.4 cm³/mol. The van der Waals surface area contributed by atoms with Crippen molar-refractivity contribution >= 4 is 6.09 Å². The molecule has 5 nitrogen and oxygen atoms in total. The van der Waals surface area contributed by atoms with Crippen molar-refractivity contribution in [1.82, 2.24) is 9.80 Å². The van der Waals surface area contributed by atoms with Gasteiger partial charge >= 0.3 is 6.09 Å². The van der Waals surface area contributed by atoms with E-state index in [2.05, 4.69) is 4.90 Å². The first-order chi connectivity index (χ1) is 7.81. The van der Waals surface area contributed by atoms with E-state index < -0.39 is 0 Å². The summed E-state index contributed by atoms with van der Waals surface area (Å²) in [5.41, 5.74) is 0. The average molecular weight is 228 g/mol. The van der Waals surface area contributed by atoms with E-state index in [1.165, 1.54) is 0 Å². The van der Waals surface area contributed by atoms with Crippen LogP contribution in [0.1, 0.15) is 13.3 Å². The molecule has 0 spiro atoms. The molecule has 2 heterocycles. The molecule has 1 unspecified atom stereocenters. The molecule has 0 bridgehead atoms. The highest BCUT2D eigenvalue weighted by atomic mass is 16.6. The summed E-state index contributed by atoms with van der Waals surface area (Å²) in [5, 5.41) is 0. The molecular formula is C11H20N2O3. The van der Waals surface area contributed by atoms with Crippen molar-refractivity contribution in [3.63, 3.8) is 0 Å². The Balaban J connectivity index is 1.80. The molecule has 1 atom stereocenters. The fourth-order valence-electron chi connectivity index (χ4n) is 2.36. The minimum atomic E-state index is -0.168. The van der Waals surface area contributed by atoms with Crippen LogP contribution in [0.3, 0.4) is 0 Å². The second-order valence-electron chi connectivity index (χ2n) is 4.24. The number of morpholine rings is 1. The number of hydrogen-bond donors (Lipinski definition) is 0. The van der Waals surface area contributed by atoms with Gasteiger partial charge in [-0.05, 0) is 13.3 Å². The number of carbonyl (C=O) groups is 1. The molecule has 1 amide bonds. The van der Waals surface area contributed by atoms with Crippen LogP contribution >= 0.6 is 0 Å². The minimum absolute atomic E-state index is 0.168.